The van der Waals surface area contributed by atoms with Crippen molar-refractivity contribution in [2.75, 3.05) is 0 Å². The molecule has 0 spiro atoms. The van der Waals surface area contributed by atoms with Crippen LogP contribution < -0.4 is 16.6 Å². The highest BCUT2D eigenvalue weighted by Crippen LogP contribution is 2.18. The third kappa shape index (κ3) is 3.91. The van der Waals surface area contributed by atoms with E-state index in [9.17, 15) is 14.4 Å². The highest BCUT2D eigenvalue weighted by Gasteiger charge is 2.17. The van der Waals surface area contributed by atoms with Gasteiger partial charge in [-0.3, -0.25) is 18.7 Å². The first-order valence-corrected chi connectivity index (χ1v) is 9.63. The van der Waals surface area contributed by atoms with Gasteiger partial charge in [-0.1, -0.05) is 55.8 Å². The largest absolute Gasteiger partial charge is 0.348 e. The van der Waals surface area contributed by atoms with E-state index < -0.39 is 5.69 Å². The summed E-state index contributed by atoms with van der Waals surface area (Å²) in [5.41, 5.74) is 0.721. The fourth-order valence-corrected chi connectivity index (χ4v) is 3.48. The molecule has 1 atom stereocenters. The Morgan fingerprint density at radius 2 is 1.64 bits per heavy atom. The summed E-state index contributed by atoms with van der Waals surface area (Å²) in [6.45, 7) is 3.94. The fraction of sp³-hybridized carbons (Fsp3) is 0.318. The van der Waals surface area contributed by atoms with Crippen LogP contribution >= 0.6 is 0 Å². The summed E-state index contributed by atoms with van der Waals surface area (Å²) in [4.78, 5) is 38.1. The van der Waals surface area contributed by atoms with Crippen molar-refractivity contribution in [1.29, 1.82) is 0 Å². The van der Waals surface area contributed by atoms with Crippen molar-refractivity contribution in [1.82, 2.24) is 14.5 Å². The van der Waals surface area contributed by atoms with Crippen molar-refractivity contribution in [3.63, 3.8) is 0 Å². The van der Waals surface area contributed by atoms with Crippen LogP contribution in [0.15, 0.2) is 64.2 Å². The van der Waals surface area contributed by atoms with Crippen LogP contribution in [0.25, 0.3) is 10.9 Å². The van der Waals surface area contributed by atoms with Crippen LogP contribution in [0.5, 0.6) is 0 Å². The Bertz CT molecular complexity index is 1080. The summed E-state index contributed by atoms with van der Waals surface area (Å²) in [5.74, 6) is -0.254. The van der Waals surface area contributed by atoms with Crippen LogP contribution in [0.3, 0.4) is 0 Å². The van der Waals surface area contributed by atoms with E-state index in [0.717, 1.165) is 23.0 Å². The molecule has 3 aromatic rings. The molecule has 0 unspecified atom stereocenters. The Hall–Kier alpha value is -3.15. The SMILES string of the molecule is CCC[C@@H](NC(=O)Cn1c(=O)n(CC)c(=O)c2ccccc21)c1ccccc1. The van der Waals surface area contributed by atoms with Gasteiger partial charge in [-0.25, -0.2) is 4.79 Å². The average molecular weight is 379 g/mol. The minimum absolute atomic E-state index is 0.113. The van der Waals surface area contributed by atoms with Crippen LogP contribution in [0, 0.1) is 0 Å². The van der Waals surface area contributed by atoms with Crippen molar-refractivity contribution in [3.05, 3.63) is 81.0 Å². The first-order chi connectivity index (χ1) is 13.6. The Morgan fingerprint density at radius 1 is 0.964 bits per heavy atom. The van der Waals surface area contributed by atoms with Crippen LogP contribution in [-0.2, 0) is 17.9 Å². The molecule has 1 N–H and O–H groups in total. The number of aromatic nitrogens is 2. The van der Waals surface area contributed by atoms with Crippen LogP contribution in [0.4, 0.5) is 0 Å². The first-order valence-electron chi connectivity index (χ1n) is 9.63. The first kappa shape index (κ1) is 19.6. The number of fused-ring (bicyclic) bond motifs is 1. The van der Waals surface area contributed by atoms with E-state index in [0.29, 0.717) is 10.9 Å². The molecule has 0 bridgehead atoms. The van der Waals surface area contributed by atoms with E-state index in [1.54, 1.807) is 31.2 Å². The van der Waals surface area contributed by atoms with Crippen molar-refractivity contribution in [3.8, 4) is 0 Å². The Kier molecular flexibility index (Phi) is 6.09. The number of amides is 1. The molecule has 28 heavy (non-hydrogen) atoms. The van der Waals surface area contributed by atoms with Crippen molar-refractivity contribution in [2.24, 2.45) is 0 Å². The number of benzene rings is 2. The minimum Gasteiger partial charge on any atom is -0.348 e. The number of para-hydroxylation sites is 1. The van der Waals surface area contributed by atoms with Gasteiger partial charge < -0.3 is 5.32 Å². The molecule has 0 fully saturated rings. The molecular weight excluding hydrogens is 354 g/mol. The summed E-state index contributed by atoms with van der Waals surface area (Å²) in [6.07, 6.45) is 1.73. The molecule has 0 saturated heterocycles. The maximum atomic E-state index is 12.8. The maximum absolute atomic E-state index is 12.8. The molecule has 6 nitrogen and oxygen atoms in total. The van der Waals surface area contributed by atoms with Gasteiger partial charge in [0.25, 0.3) is 5.56 Å². The van der Waals surface area contributed by atoms with Gasteiger partial charge in [0.2, 0.25) is 5.91 Å². The molecule has 1 heterocycles. The standard InChI is InChI=1S/C22H25N3O3/c1-3-10-18(16-11-6-5-7-12-16)23-20(26)15-25-19-14-9-8-13-17(19)21(27)24(4-2)22(25)28/h5-9,11-14,18H,3-4,10,15H2,1-2H3,(H,23,26)/t18-/m1/s1. The summed E-state index contributed by atoms with van der Waals surface area (Å²) < 4.78 is 2.54. The molecule has 0 aliphatic heterocycles. The summed E-state index contributed by atoms with van der Waals surface area (Å²) >= 11 is 0. The Labute approximate surface area is 163 Å². The van der Waals surface area contributed by atoms with Crippen LogP contribution in [-0.4, -0.2) is 15.0 Å². The molecule has 0 aliphatic rings. The van der Waals surface area contributed by atoms with Crippen LogP contribution in [0.2, 0.25) is 0 Å². The second-order valence-electron chi connectivity index (χ2n) is 6.75. The van der Waals surface area contributed by atoms with Gasteiger partial charge in [0.1, 0.15) is 6.54 Å². The number of carbonyl (C=O) groups excluding carboxylic acids is 1. The van der Waals surface area contributed by atoms with Gasteiger partial charge in [-0.2, -0.15) is 0 Å². The lowest BCUT2D eigenvalue weighted by atomic mass is 10.0. The van der Waals surface area contributed by atoms with Gasteiger partial charge in [0.15, 0.2) is 0 Å². The molecule has 3 rings (SSSR count). The normalized spacial score (nSPS) is 12.1. The number of rotatable bonds is 7. The van der Waals surface area contributed by atoms with E-state index in [4.69, 9.17) is 0 Å². The molecule has 146 valence electrons. The number of nitrogens with one attached hydrogen (secondary N) is 1. The number of hydrogen-bond acceptors (Lipinski definition) is 3. The van der Waals surface area contributed by atoms with E-state index in [2.05, 4.69) is 12.2 Å². The average Bonchev–Trinajstić information content (AvgIpc) is 2.72. The lowest BCUT2D eigenvalue weighted by molar-refractivity contribution is -0.122. The van der Waals surface area contributed by atoms with Gasteiger partial charge in [-0.05, 0) is 31.0 Å². The topological polar surface area (TPSA) is 73.1 Å². The molecule has 0 saturated carbocycles. The predicted molar refractivity (Wildman–Crippen MR) is 110 cm³/mol. The van der Waals surface area contributed by atoms with Crippen LogP contribution in [0.1, 0.15) is 38.3 Å². The van der Waals surface area contributed by atoms with Crippen molar-refractivity contribution < 1.29 is 4.79 Å². The molecule has 0 radical (unpaired) electrons. The van der Waals surface area contributed by atoms with E-state index in [1.165, 1.54) is 4.57 Å². The molecular formula is C22H25N3O3. The minimum atomic E-state index is -0.465. The lowest BCUT2D eigenvalue weighted by Crippen LogP contribution is -2.42. The van der Waals surface area contributed by atoms with E-state index in [-0.39, 0.29) is 30.6 Å². The highest BCUT2D eigenvalue weighted by atomic mass is 16.2. The molecule has 1 aromatic heterocycles. The number of nitrogens with zero attached hydrogens (tertiary/aromatic N) is 2. The second-order valence-corrected chi connectivity index (χ2v) is 6.75. The number of carbonyl (C=O) groups is 1. The van der Waals surface area contributed by atoms with Gasteiger partial charge in [-0.15, -0.1) is 0 Å². The highest BCUT2D eigenvalue weighted by molar-refractivity contribution is 5.81. The fourth-order valence-electron chi connectivity index (χ4n) is 3.48. The third-order valence-electron chi connectivity index (χ3n) is 4.86. The number of hydrogen-bond donors (Lipinski definition) is 1. The zero-order valence-electron chi connectivity index (χ0n) is 16.2. The molecule has 1 amide bonds. The Morgan fingerprint density at radius 3 is 2.32 bits per heavy atom. The van der Waals surface area contributed by atoms with Gasteiger partial charge in [0.05, 0.1) is 16.9 Å². The third-order valence-corrected chi connectivity index (χ3v) is 4.86. The summed E-state index contributed by atoms with van der Waals surface area (Å²) in [5, 5.41) is 3.48. The quantitative estimate of drug-likeness (QED) is 0.686. The predicted octanol–water partition coefficient (Wildman–Crippen LogP) is 2.84. The second kappa shape index (κ2) is 8.69. The zero-order valence-corrected chi connectivity index (χ0v) is 16.2. The van der Waals surface area contributed by atoms with Gasteiger partial charge in [0, 0.05) is 6.54 Å². The summed E-state index contributed by atoms with van der Waals surface area (Å²) in [7, 11) is 0. The molecule has 2 aromatic carbocycles. The maximum Gasteiger partial charge on any atom is 0.331 e. The van der Waals surface area contributed by atoms with Crippen molar-refractivity contribution in [2.45, 2.75) is 45.8 Å². The van der Waals surface area contributed by atoms with E-state index >= 15 is 0 Å². The summed E-state index contributed by atoms with van der Waals surface area (Å²) in [6, 6.07) is 16.6. The van der Waals surface area contributed by atoms with Crippen molar-refractivity contribution >= 4 is 16.8 Å². The monoisotopic (exact) mass is 379 g/mol. The molecule has 6 heteroatoms. The smallest absolute Gasteiger partial charge is 0.331 e. The van der Waals surface area contributed by atoms with Gasteiger partial charge >= 0.3 is 5.69 Å². The van der Waals surface area contributed by atoms with E-state index in [1.807, 2.05) is 30.3 Å². The molecule has 0 aliphatic carbocycles. The lowest BCUT2D eigenvalue weighted by Gasteiger charge is -2.20. The zero-order chi connectivity index (χ0) is 20.1. The Balaban J connectivity index is 1.95.